The largest absolute Gasteiger partial charge is 0.393 e. The van der Waals surface area contributed by atoms with Crippen molar-refractivity contribution in [1.29, 1.82) is 0 Å². The van der Waals surface area contributed by atoms with Gasteiger partial charge in [0.1, 0.15) is 5.82 Å². The van der Waals surface area contributed by atoms with Gasteiger partial charge in [0.15, 0.2) is 0 Å². The lowest BCUT2D eigenvalue weighted by molar-refractivity contribution is 0.0773. The summed E-state index contributed by atoms with van der Waals surface area (Å²) < 4.78 is 1.76. The minimum absolute atomic E-state index is 0.0372. The summed E-state index contributed by atoms with van der Waals surface area (Å²) in [5.41, 5.74) is 0.800. The van der Waals surface area contributed by atoms with E-state index < -0.39 is 0 Å². The highest BCUT2D eigenvalue weighted by atomic mass is 16.3. The molecular formula is C16H21N3O2. The van der Waals surface area contributed by atoms with E-state index in [-0.39, 0.29) is 11.7 Å². The Morgan fingerprint density at radius 3 is 2.71 bits per heavy atom. The first kappa shape index (κ1) is 14.2. The maximum absolute atomic E-state index is 12.5. The minimum atomic E-state index is -0.181. The van der Waals surface area contributed by atoms with Crippen LogP contribution in [-0.2, 0) is 13.1 Å². The van der Waals surface area contributed by atoms with Gasteiger partial charge in [0, 0.05) is 19.6 Å². The molecule has 1 fully saturated rings. The first-order valence-corrected chi connectivity index (χ1v) is 7.58. The average molecular weight is 287 g/mol. The molecule has 2 heterocycles. The van der Waals surface area contributed by atoms with Crippen LogP contribution >= 0.6 is 0 Å². The van der Waals surface area contributed by atoms with Gasteiger partial charge < -0.3 is 5.11 Å². The molecular weight excluding hydrogens is 266 g/mol. The van der Waals surface area contributed by atoms with E-state index in [4.69, 9.17) is 0 Å². The quantitative estimate of drug-likeness (QED) is 0.926. The fourth-order valence-electron chi connectivity index (χ4n) is 2.94. The molecule has 0 aliphatic carbocycles. The van der Waals surface area contributed by atoms with E-state index in [2.05, 4.69) is 9.88 Å². The second-order valence-electron chi connectivity index (χ2n) is 5.60. The lowest BCUT2D eigenvalue weighted by atomic mass is 10.1. The first-order valence-electron chi connectivity index (χ1n) is 7.58. The molecule has 0 amide bonds. The van der Waals surface area contributed by atoms with Gasteiger partial charge in [-0.15, -0.1) is 0 Å². The molecule has 1 saturated heterocycles. The number of aliphatic hydroxyl groups is 1. The summed E-state index contributed by atoms with van der Waals surface area (Å²) in [7, 11) is 0. The van der Waals surface area contributed by atoms with Crippen molar-refractivity contribution in [2.24, 2.45) is 0 Å². The lowest BCUT2D eigenvalue weighted by Crippen LogP contribution is -2.37. The van der Waals surface area contributed by atoms with Gasteiger partial charge in [0.05, 0.1) is 23.6 Å². The number of aromatic nitrogens is 2. The van der Waals surface area contributed by atoms with Gasteiger partial charge in [-0.05, 0) is 31.9 Å². The van der Waals surface area contributed by atoms with Gasteiger partial charge >= 0.3 is 0 Å². The molecule has 1 aliphatic heterocycles. The van der Waals surface area contributed by atoms with Gasteiger partial charge in [-0.3, -0.25) is 14.3 Å². The van der Waals surface area contributed by atoms with E-state index >= 15 is 0 Å². The maximum Gasteiger partial charge on any atom is 0.261 e. The highest BCUT2D eigenvalue weighted by Gasteiger charge is 2.19. The van der Waals surface area contributed by atoms with Crippen LogP contribution in [0.5, 0.6) is 0 Å². The average Bonchev–Trinajstić information content (AvgIpc) is 2.50. The summed E-state index contributed by atoms with van der Waals surface area (Å²) >= 11 is 0. The fourth-order valence-corrected chi connectivity index (χ4v) is 2.94. The zero-order valence-corrected chi connectivity index (χ0v) is 12.3. The van der Waals surface area contributed by atoms with E-state index in [9.17, 15) is 9.90 Å². The topological polar surface area (TPSA) is 58.4 Å². The molecule has 0 spiro atoms. The van der Waals surface area contributed by atoms with Crippen LogP contribution in [0.4, 0.5) is 0 Å². The van der Waals surface area contributed by atoms with Crippen molar-refractivity contribution in [2.45, 2.75) is 39.0 Å². The zero-order chi connectivity index (χ0) is 14.8. The highest BCUT2D eigenvalue weighted by Crippen LogP contribution is 2.14. The zero-order valence-electron chi connectivity index (χ0n) is 12.3. The molecule has 0 unspecified atom stereocenters. The van der Waals surface area contributed by atoms with Crippen LogP contribution in [0.2, 0.25) is 0 Å². The Bertz CT molecular complexity index is 687. The lowest BCUT2D eigenvalue weighted by Gasteiger charge is -2.29. The fraction of sp³-hybridized carbons (Fsp3) is 0.500. The van der Waals surface area contributed by atoms with Crippen LogP contribution in [0, 0.1) is 0 Å². The summed E-state index contributed by atoms with van der Waals surface area (Å²) in [6.07, 6.45) is 1.41. The molecule has 3 rings (SSSR count). The van der Waals surface area contributed by atoms with Crippen LogP contribution < -0.4 is 5.56 Å². The van der Waals surface area contributed by atoms with Crippen LogP contribution in [-0.4, -0.2) is 38.8 Å². The number of likely N-dealkylation sites (tertiary alicyclic amines) is 1. The Kier molecular flexibility index (Phi) is 4.03. The third-order valence-electron chi connectivity index (χ3n) is 4.18. The molecule has 5 nitrogen and oxygen atoms in total. The molecule has 1 aromatic heterocycles. The SMILES string of the molecule is CCn1c(CN2CCC(O)CC2)nc2ccccc2c1=O. The Morgan fingerprint density at radius 1 is 1.29 bits per heavy atom. The minimum Gasteiger partial charge on any atom is -0.393 e. The smallest absolute Gasteiger partial charge is 0.261 e. The highest BCUT2D eigenvalue weighted by molar-refractivity contribution is 5.77. The summed E-state index contributed by atoms with van der Waals surface area (Å²) in [4.78, 5) is 19.5. The second-order valence-corrected chi connectivity index (χ2v) is 5.60. The molecule has 0 atom stereocenters. The normalized spacial score (nSPS) is 17.4. The van der Waals surface area contributed by atoms with Gasteiger partial charge in [-0.2, -0.15) is 0 Å². The van der Waals surface area contributed by atoms with E-state index in [0.29, 0.717) is 18.5 Å². The number of aliphatic hydroxyl groups excluding tert-OH is 1. The Balaban J connectivity index is 1.95. The van der Waals surface area contributed by atoms with E-state index in [1.807, 2.05) is 31.2 Å². The number of rotatable bonds is 3. The Morgan fingerprint density at radius 2 is 2.00 bits per heavy atom. The molecule has 5 heteroatoms. The van der Waals surface area contributed by atoms with Crippen molar-refractivity contribution < 1.29 is 5.11 Å². The molecule has 0 radical (unpaired) electrons. The monoisotopic (exact) mass is 287 g/mol. The summed E-state index contributed by atoms with van der Waals surface area (Å²) in [6, 6.07) is 7.50. The molecule has 1 aliphatic rings. The van der Waals surface area contributed by atoms with Crippen LogP contribution in [0.3, 0.4) is 0 Å². The summed E-state index contributed by atoms with van der Waals surface area (Å²) in [6.45, 7) is 4.98. The van der Waals surface area contributed by atoms with Crippen molar-refractivity contribution >= 4 is 10.9 Å². The number of hydrogen-bond acceptors (Lipinski definition) is 4. The molecule has 2 aromatic rings. The molecule has 0 saturated carbocycles. The van der Waals surface area contributed by atoms with Crippen molar-refractivity contribution in [3.8, 4) is 0 Å². The van der Waals surface area contributed by atoms with Gasteiger partial charge in [-0.1, -0.05) is 12.1 Å². The second kappa shape index (κ2) is 5.95. The maximum atomic E-state index is 12.5. The predicted molar refractivity (Wildman–Crippen MR) is 82.2 cm³/mol. The van der Waals surface area contributed by atoms with Gasteiger partial charge in [0.2, 0.25) is 0 Å². The summed E-state index contributed by atoms with van der Waals surface area (Å²) in [5.74, 6) is 0.817. The molecule has 0 bridgehead atoms. The molecule has 21 heavy (non-hydrogen) atoms. The number of nitrogens with zero attached hydrogens (tertiary/aromatic N) is 3. The van der Waals surface area contributed by atoms with Gasteiger partial charge in [0.25, 0.3) is 5.56 Å². The number of benzene rings is 1. The summed E-state index contributed by atoms with van der Waals surface area (Å²) in [5, 5.41) is 10.3. The standard InChI is InChI=1S/C16H21N3O2/c1-2-19-15(11-18-9-7-12(20)8-10-18)17-14-6-4-3-5-13(14)16(19)21/h3-6,12,20H,2,7-11H2,1H3. The Hall–Kier alpha value is -1.72. The van der Waals surface area contributed by atoms with Crippen molar-refractivity contribution in [2.75, 3.05) is 13.1 Å². The van der Waals surface area contributed by atoms with Crippen LogP contribution in [0.25, 0.3) is 10.9 Å². The van der Waals surface area contributed by atoms with Crippen molar-refractivity contribution in [3.05, 3.63) is 40.4 Å². The third-order valence-corrected chi connectivity index (χ3v) is 4.18. The first-order chi connectivity index (χ1) is 10.2. The molecule has 1 aromatic carbocycles. The Labute approximate surface area is 123 Å². The van der Waals surface area contributed by atoms with E-state index in [0.717, 1.165) is 37.3 Å². The van der Waals surface area contributed by atoms with Gasteiger partial charge in [-0.25, -0.2) is 4.98 Å². The van der Waals surface area contributed by atoms with E-state index in [1.165, 1.54) is 0 Å². The molecule has 1 N–H and O–H groups in total. The van der Waals surface area contributed by atoms with Crippen molar-refractivity contribution in [3.63, 3.8) is 0 Å². The number of fused-ring (bicyclic) bond motifs is 1. The predicted octanol–water partition coefficient (Wildman–Crippen LogP) is 1.37. The number of hydrogen-bond donors (Lipinski definition) is 1. The third kappa shape index (κ3) is 2.84. The molecule has 112 valence electrons. The number of para-hydroxylation sites is 1. The van der Waals surface area contributed by atoms with Crippen LogP contribution in [0.1, 0.15) is 25.6 Å². The van der Waals surface area contributed by atoms with Crippen molar-refractivity contribution in [1.82, 2.24) is 14.5 Å². The van der Waals surface area contributed by atoms with Crippen LogP contribution in [0.15, 0.2) is 29.1 Å². The number of piperidine rings is 1. The van der Waals surface area contributed by atoms with E-state index in [1.54, 1.807) is 4.57 Å².